The Hall–Kier alpha value is -2.49. The van der Waals surface area contributed by atoms with Gasteiger partial charge in [0.25, 0.3) is 0 Å². The van der Waals surface area contributed by atoms with Gasteiger partial charge in [0, 0.05) is 6.08 Å². The molecule has 0 aliphatic carbocycles. The van der Waals surface area contributed by atoms with Crippen molar-refractivity contribution in [2.45, 2.75) is 26.8 Å². The van der Waals surface area contributed by atoms with Gasteiger partial charge in [0.1, 0.15) is 17.3 Å². The Bertz CT molecular complexity index is 641. The number of nitrogens with one attached hydrogen (secondary N) is 1. The van der Waals surface area contributed by atoms with Crippen molar-refractivity contribution in [2.75, 3.05) is 6.61 Å². The molecule has 0 saturated carbocycles. The highest BCUT2D eigenvalue weighted by molar-refractivity contribution is 5.91. The Morgan fingerprint density at radius 1 is 1.27 bits per heavy atom. The lowest BCUT2D eigenvalue weighted by molar-refractivity contribution is -0.117. The third kappa shape index (κ3) is 4.52. The van der Waals surface area contributed by atoms with Crippen LogP contribution in [-0.4, -0.2) is 12.5 Å². The fourth-order valence-corrected chi connectivity index (χ4v) is 2.07. The SMILES string of the molecule is CCOc1ccc(C(C)NC(=O)/C=C/c2ccc(C)o2)cc1. The summed E-state index contributed by atoms with van der Waals surface area (Å²) in [6, 6.07) is 11.3. The van der Waals surface area contributed by atoms with Crippen LogP contribution in [0.25, 0.3) is 6.08 Å². The van der Waals surface area contributed by atoms with Gasteiger partial charge in [-0.1, -0.05) is 12.1 Å². The van der Waals surface area contributed by atoms with Gasteiger partial charge in [-0.25, -0.2) is 0 Å². The molecule has 1 heterocycles. The smallest absolute Gasteiger partial charge is 0.244 e. The van der Waals surface area contributed by atoms with E-state index in [1.54, 1.807) is 6.08 Å². The van der Waals surface area contributed by atoms with Gasteiger partial charge >= 0.3 is 0 Å². The molecule has 116 valence electrons. The van der Waals surface area contributed by atoms with Crippen LogP contribution in [0.1, 0.15) is 37.0 Å². The van der Waals surface area contributed by atoms with Crippen LogP contribution in [0.4, 0.5) is 0 Å². The number of aryl methyl sites for hydroxylation is 1. The number of rotatable bonds is 6. The maximum atomic E-state index is 11.9. The van der Waals surface area contributed by atoms with Crippen LogP contribution in [-0.2, 0) is 4.79 Å². The van der Waals surface area contributed by atoms with Crippen molar-refractivity contribution in [3.63, 3.8) is 0 Å². The molecule has 1 aromatic heterocycles. The highest BCUT2D eigenvalue weighted by Crippen LogP contribution is 2.17. The molecule has 0 fully saturated rings. The van der Waals surface area contributed by atoms with E-state index in [1.165, 1.54) is 6.08 Å². The molecule has 4 nitrogen and oxygen atoms in total. The zero-order valence-electron chi connectivity index (χ0n) is 13.1. The van der Waals surface area contributed by atoms with Gasteiger partial charge in [-0.05, 0) is 56.7 Å². The largest absolute Gasteiger partial charge is 0.494 e. The Morgan fingerprint density at radius 3 is 2.59 bits per heavy atom. The third-order valence-corrected chi connectivity index (χ3v) is 3.21. The summed E-state index contributed by atoms with van der Waals surface area (Å²) in [6.07, 6.45) is 3.14. The fraction of sp³-hybridized carbons (Fsp3) is 0.278. The predicted octanol–water partition coefficient (Wildman–Crippen LogP) is 3.88. The minimum Gasteiger partial charge on any atom is -0.494 e. The first-order valence-electron chi connectivity index (χ1n) is 7.36. The number of benzene rings is 1. The molecule has 4 heteroatoms. The zero-order chi connectivity index (χ0) is 15.9. The van der Waals surface area contributed by atoms with Crippen molar-refractivity contribution in [1.29, 1.82) is 0 Å². The van der Waals surface area contributed by atoms with Crippen LogP contribution in [0.3, 0.4) is 0 Å². The second kappa shape index (κ2) is 7.50. The second-order valence-corrected chi connectivity index (χ2v) is 5.01. The topological polar surface area (TPSA) is 51.5 Å². The van der Waals surface area contributed by atoms with Crippen LogP contribution in [0.5, 0.6) is 5.75 Å². The summed E-state index contributed by atoms with van der Waals surface area (Å²) >= 11 is 0. The number of hydrogen-bond acceptors (Lipinski definition) is 3. The summed E-state index contributed by atoms with van der Waals surface area (Å²) < 4.78 is 10.8. The summed E-state index contributed by atoms with van der Waals surface area (Å²) in [4.78, 5) is 11.9. The van der Waals surface area contributed by atoms with Gasteiger partial charge in [0.15, 0.2) is 0 Å². The van der Waals surface area contributed by atoms with Crippen molar-refractivity contribution in [2.24, 2.45) is 0 Å². The normalized spacial score (nSPS) is 12.3. The van der Waals surface area contributed by atoms with Crippen molar-refractivity contribution in [3.8, 4) is 5.75 Å². The van der Waals surface area contributed by atoms with E-state index in [0.717, 1.165) is 17.1 Å². The van der Waals surface area contributed by atoms with Gasteiger partial charge in [0.05, 0.1) is 12.6 Å². The number of carbonyl (C=O) groups excluding carboxylic acids is 1. The van der Waals surface area contributed by atoms with Gasteiger partial charge < -0.3 is 14.5 Å². The molecule has 0 radical (unpaired) electrons. The van der Waals surface area contributed by atoms with Crippen molar-refractivity contribution in [3.05, 3.63) is 59.6 Å². The molecule has 0 aliphatic heterocycles. The highest BCUT2D eigenvalue weighted by Gasteiger charge is 2.07. The molecule has 22 heavy (non-hydrogen) atoms. The lowest BCUT2D eigenvalue weighted by Crippen LogP contribution is -2.24. The predicted molar refractivity (Wildman–Crippen MR) is 86.6 cm³/mol. The average Bonchev–Trinajstić information content (AvgIpc) is 2.92. The van der Waals surface area contributed by atoms with Crippen molar-refractivity contribution >= 4 is 12.0 Å². The molecule has 1 N–H and O–H groups in total. The molecule has 1 unspecified atom stereocenters. The molecule has 0 saturated heterocycles. The van der Waals surface area contributed by atoms with Crippen LogP contribution in [0, 0.1) is 6.92 Å². The van der Waals surface area contributed by atoms with Gasteiger partial charge in [-0.15, -0.1) is 0 Å². The van der Waals surface area contributed by atoms with E-state index >= 15 is 0 Å². The quantitative estimate of drug-likeness (QED) is 0.824. The van der Waals surface area contributed by atoms with Gasteiger partial charge in [0.2, 0.25) is 5.91 Å². The maximum Gasteiger partial charge on any atom is 0.244 e. The third-order valence-electron chi connectivity index (χ3n) is 3.21. The molecule has 2 aromatic rings. The molecule has 1 aromatic carbocycles. The number of carbonyl (C=O) groups is 1. The summed E-state index contributed by atoms with van der Waals surface area (Å²) in [5.41, 5.74) is 1.03. The van der Waals surface area contributed by atoms with E-state index in [4.69, 9.17) is 9.15 Å². The first-order valence-corrected chi connectivity index (χ1v) is 7.36. The van der Waals surface area contributed by atoms with E-state index in [-0.39, 0.29) is 11.9 Å². The first-order chi connectivity index (χ1) is 10.6. The summed E-state index contributed by atoms with van der Waals surface area (Å²) in [5, 5.41) is 2.92. The van der Waals surface area contributed by atoms with Crippen molar-refractivity contribution < 1.29 is 13.9 Å². The molecular formula is C18H21NO3. The standard InChI is InChI=1S/C18H21NO3/c1-4-21-16-9-6-15(7-10-16)14(3)19-18(20)12-11-17-8-5-13(2)22-17/h5-12,14H,4H2,1-3H3,(H,19,20)/b12-11+. The van der Waals surface area contributed by atoms with E-state index in [1.807, 2.05) is 57.2 Å². The summed E-state index contributed by atoms with van der Waals surface area (Å²) in [7, 11) is 0. The number of amides is 1. The Morgan fingerprint density at radius 2 is 2.00 bits per heavy atom. The summed E-state index contributed by atoms with van der Waals surface area (Å²) in [5.74, 6) is 2.16. The summed E-state index contributed by atoms with van der Waals surface area (Å²) in [6.45, 7) is 6.40. The zero-order valence-corrected chi connectivity index (χ0v) is 13.1. The number of hydrogen-bond donors (Lipinski definition) is 1. The Kier molecular flexibility index (Phi) is 5.42. The molecule has 0 aliphatic rings. The molecule has 0 bridgehead atoms. The number of furan rings is 1. The van der Waals surface area contributed by atoms with Gasteiger partial charge in [-0.3, -0.25) is 4.79 Å². The molecule has 1 atom stereocenters. The van der Waals surface area contributed by atoms with E-state index in [0.29, 0.717) is 12.4 Å². The number of ether oxygens (including phenoxy) is 1. The lowest BCUT2D eigenvalue weighted by atomic mass is 10.1. The van der Waals surface area contributed by atoms with Gasteiger partial charge in [-0.2, -0.15) is 0 Å². The monoisotopic (exact) mass is 299 g/mol. The minimum absolute atomic E-state index is 0.0776. The van der Waals surface area contributed by atoms with E-state index in [9.17, 15) is 4.79 Å². The van der Waals surface area contributed by atoms with Crippen LogP contribution in [0.2, 0.25) is 0 Å². The lowest BCUT2D eigenvalue weighted by Gasteiger charge is -2.13. The van der Waals surface area contributed by atoms with Crippen LogP contribution >= 0.6 is 0 Å². The Labute approximate surface area is 130 Å². The highest BCUT2D eigenvalue weighted by atomic mass is 16.5. The van der Waals surface area contributed by atoms with Crippen molar-refractivity contribution in [1.82, 2.24) is 5.32 Å². The minimum atomic E-state index is -0.157. The molecule has 2 rings (SSSR count). The molecular weight excluding hydrogens is 278 g/mol. The Balaban J connectivity index is 1.91. The molecule has 0 spiro atoms. The van der Waals surface area contributed by atoms with E-state index < -0.39 is 0 Å². The first kappa shape index (κ1) is 15.9. The van der Waals surface area contributed by atoms with Crippen LogP contribution in [0.15, 0.2) is 46.9 Å². The average molecular weight is 299 g/mol. The van der Waals surface area contributed by atoms with Crippen LogP contribution < -0.4 is 10.1 Å². The molecule has 1 amide bonds. The maximum absolute atomic E-state index is 11.9. The second-order valence-electron chi connectivity index (χ2n) is 5.01. The van der Waals surface area contributed by atoms with E-state index in [2.05, 4.69) is 5.32 Å². The fourth-order valence-electron chi connectivity index (χ4n) is 2.07.